The molecule has 2 fully saturated rings. The summed E-state index contributed by atoms with van der Waals surface area (Å²) in [7, 11) is 1.97. The van der Waals surface area contributed by atoms with Crippen LogP contribution in [0.4, 0.5) is 5.69 Å². The van der Waals surface area contributed by atoms with Crippen LogP contribution in [0.25, 0.3) is 0 Å². The summed E-state index contributed by atoms with van der Waals surface area (Å²) in [6.45, 7) is 6.00. The fourth-order valence-electron chi connectivity index (χ4n) is 4.24. The van der Waals surface area contributed by atoms with Crippen molar-refractivity contribution in [2.75, 3.05) is 18.4 Å². The van der Waals surface area contributed by atoms with Gasteiger partial charge in [0.15, 0.2) is 0 Å². The van der Waals surface area contributed by atoms with Gasteiger partial charge in [0.25, 0.3) is 5.91 Å². The summed E-state index contributed by atoms with van der Waals surface area (Å²) >= 11 is 0. The zero-order valence-electron chi connectivity index (χ0n) is 17.3. The number of carbonyl (C=O) groups is 1. The number of anilines is 1. The predicted molar refractivity (Wildman–Crippen MR) is 113 cm³/mol. The third-order valence-corrected chi connectivity index (χ3v) is 6.12. The quantitative estimate of drug-likeness (QED) is 0.506. The molecular weight excluding hydrogens is 366 g/mol. The van der Waals surface area contributed by atoms with Crippen molar-refractivity contribution in [1.82, 2.24) is 31.3 Å². The Kier molecular flexibility index (Phi) is 5.84. The van der Waals surface area contributed by atoms with Crippen LogP contribution in [-0.4, -0.2) is 41.0 Å². The van der Waals surface area contributed by atoms with Gasteiger partial charge in [-0.05, 0) is 44.0 Å². The zero-order valence-corrected chi connectivity index (χ0v) is 17.3. The minimum absolute atomic E-state index is 0.0559. The molecule has 1 aromatic carbocycles. The minimum atomic E-state index is -0.105. The van der Waals surface area contributed by atoms with Gasteiger partial charge in [-0.1, -0.05) is 6.92 Å². The fourth-order valence-corrected chi connectivity index (χ4v) is 4.24. The highest BCUT2D eigenvalue weighted by Crippen LogP contribution is 2.32. The van der Waals surface area contributed by atoms with Gasteiger partial charge in [0.1, 0.15) is 0 Å². The summed E-state index contributed by atoms with van der Waals surface area (Å²) in [5.41, 5.74) is 10.7. The Bertz CT molecular complexity index is 847. The van der Waals surface area contributed by atoms with Crippen molar-refractivity contribution in [2.45, 2.75) is 44.9 Å². The molecule has 3 heterocycles. The lowest BCUT2D eigenvalue weighted by atomic mass is 9.85. The maximum atomic E-state index is 12.8. The average Bonchev–Trinajstić information content (AvgIpc) is 3.29. The van der Waals surface area contributed by atoms with Crippen molar-refractivity contribution in [2.24, 2.45) is 13.0 Å². The molecule has 29 heavy (non-hydrogen) atoms. The van der Waals surface area contributed by atoms with E-state index in [9.17, 15) is 4.79 Å². The molecule has 8 heteroatoms. The molecule has 0 spiro atoms. The van der Waals surface area contributed by atoms with Crippen LogP contribution in [0, 0.1) is 12.8 Å². The largest absolute Gasteiger partial charge is 0.385 e. The van der Waals surface area contributed by atoms with E-state index in [2.05, 4.69) is 45.7 Å². The minimum Gasteiger partial charge on any atom is -0.385 e. The Hall–Kier alpha value is -2.42. The van der Waals surface area contributed by atoms with Gasteiger partial charge in [0.2, 0.25) is 0 Å². The van der Waals surface area contributed by atoms with Crippen LogP contribution in [0.3, 0.4) is 0 Å². The molecule has 0 radical (unpaired) electrons. The maximum absolute atomic E-state index is 12.8. The van der Waals surface area contributed by atoms with Gasteiger partial charge in [-0.3, -0.25) is 14.9 Å². The van der Waals surface area contributed by atoms with Crippen LogP contribution in [0.2, 0.25) is 0 Å². The van der Waals surface area contributed by atoms with Crippen LogP contribution in [0.5, 0.6) is 0 Å². The fraction of sp³-hybridized carbons (Fsp3) is 0.524. The number of hydrogen-bond donors (Lipinski definition) is 5. The average molecular weight is 398 g/mol. The molecule has 0 saturated carbocycles. The second-order valence-corrected chi connectivity index (χ2v) is 8.02. The lowest BCUT2D eigenvalue weighted by molar-refractivity contribution is 0.0914. The second kappa shape index (κ2) is 8.52. The van der Waals surface area contributed by atoms with E-state index in [0.29, 0.717) is 11.5 Å². The smallest absolute Gasteiger partial charge is 0.252 e. The van der Waals surface area contributed by atoms with Crippen LogP contribution < -0.4 is 26.8 Å². The van der Waals surface area contributed by atoms with Crippen molar-refractivity contribution < 1.29 is 4.79 Å². The molecule has 2 saturated heterocycles. The van der Waals surface area contributed by atoms with E-state index < -0.39 is 0 Å². The molecule has 0 bridgehead atoms. The molecule has 2 aliphatic heterocycles. The molecular formula is C21H31N7O. The van der Waals surface area contributed by atoms with Crippen molar-refractivity contribution in [1.29, 1.82) is 0 Å². The first-order valence-corrected chi connectivity index (χ1v) is 10.4. The first-order chi connectivity index (χ1) is 14.1. The van der Waals surface area contributed by atoms with Crippen molar-refractivity contribution >= 4 is 11.6 Å². The van der Waals surface area contributed by atoms with E-state index in [0.717, 1.165) is 31.6 Å². The highest BCUT2D eigenvalue weighted by Gasteiger charge is 2.41. The first-order valence-electron chi connectivity index (χ1n) is 10.4. The van der Waals surface area contributed by atoms with Gasteiger partial charge in [0.05, 0.1) is 12.4 Å². The second-order valence-electron chi connectivity index (χ2n) is 8.02. The van der Waals surface area contributed by atoms with Gasteiger partial charge < -0.3 is 16.0 Å². The molecule has 8 nitrogen and oxygen atoms in total. The summed E-state index contributed by atoms with van der Waals surface area (Å²) in [5, 5.41) is 14.5. The number of fused-ring (bicyclic) bond motifs is 1. The Balaban J connectivity index is 1.40. The number of benzene rings is 1. The van der Waals surface area contributed by atoms with Crippen LogP contribution in [-0.2, 0) is 7.05 Å². The van der Waals surface area contributed by atoms with Gasteiger partial charge in [0, 0.05) is 60.6 Å². The normalized spacial score (nSPS) is 26.2. The molecule has 1 aromatic heterocycles. The number of amides is 1. The summed E-state index contributed by atoms with van der Waals surface area (Å²) in [4.78, 5) is 12.8. The van der Waals surface area contributed by atoms with E-state index >= 15 is 0 Å². The molecule has 4 unspecified atom stereocenters. The van der Waals surface area contributed by atoms with Crippen molar-refractivity contribution in [3.8, 4) is 0 Å². The van der Waals surface area contributed by atoms with E-state index in [1.807, 2.05) is 42.2 Å². The molecule has 1 amide bonds. The van der Waals surface area contributed by atoms with Crippen LogP contribution in [0.15, 0.2) is 30.5 Å². The van der Waals surface area contributed by atoms with E-state index in [-0.39, 0.29) is 24.2 Å². The number of piperidine rings is 1. The maximum Gasteiger partial charge on any atom is 0.252 e. The molecule has 5 N–H and O–H groups in total. The third-order valence-electron chi connectivity index (χ3n) is 6.12. The number of nitrogens with zero attached hydrogens (tertiary/aromatic N) is 2. The van der Waals surface area contributed by atoms with E-state index in [1.165, 1.54) is 11.3 Å². The lowest BCUT2D eigenvalue weighted by Gasteiger charge is -2.34. The SMILES string of the molecule is CCCNc1ccc(C(=O)NC2NNC3CNC(c4cnn(C)c4C)CC32)cc1. The number of aryl methyl sites for hydroxylation is 1. The van der Waals surface area contributed by atoms with Gasteiger partial charge in [-0.25, -0.2) is 5.43 Å². The highest BCUT2D eigenvalue weighted by molar-refractivity contribution is 5.94. The predicted octanol–water partition coefficient (Wildman–Crippen LogP) is 1.43. The lowest BCUT2D eigenvalue weighted by Crippen LogP contribution is -2.49. The summed E-state index contributed by atoms with van der Waals surface area (Å²) in [6.07, 6.45) is 3.85. The van der Waals surface area contributed by atoms with Gasteiger partial charge in [-0.2, -0.15) is 5.10 Å². The number of carbonyl (C=O) groups excluding carboxylic acids is 1. The molecule has 0 aliphatic carbocycles. The monoisotopic (exact) mass is 397 g/mol. The van der Waals surface area contributed by atoms with Crippen molar-refractivity contribution in [3.05, 3.63) is 47.3 Å². The molecule has 4 atom stereocenters. The summed E-state index contributed by atoms with van der Waals surface area (Å²) in [5.74, 6) is 0.245. The molecule has 4 rings (SSSR count). The van der Waals surface area contributed by atoms with Crippen LogP contribution in [0.1, 0.15) is 47.4 Å². The Labute approximate surface area is 171 Å². The number of hydrazine groups is 1. The first kappa shape index (κ1) is 19.9. The summed E-state index contributed by atoms with van der Waals surface area (Å²) in [6, 6.07) is 8.19. The standard InChI is InChI=1S/C21H31N7O/c1-4-9-22-15-7-5-14(6-8-15)21(29)25-20-16-10-18(23-12-19(16)26-27-20)17-11-24-28(3)13(17)2/h5-8,11,16,18-20,22-23,26-27H,4,9-10,12H2,1-3H3,(H,25,29). The van der Waals surface area contributed by atoms with E-state index in [1.54, 1.807) is 0 Å². The Morgan fingerprint density at radius 2 is 2.07 bits per heavy atom. The topological polar surface area (TPSA) is 95.0 Å². The van der Waals surface area contributed by atoms with Crippen molar-refractivity contribution in [3.63, 3.8) is 0 Å². The van der Waals surface area contributed by atoms with Gasteiger partial charge in [-0.15, -0.1) is 0 Å². The molecule has 2 aliphatic rings. The molecule has 156 valence electrons. The highest BCUT2D eigenvalue weighted by atomic mass is 16.1. The molecule has 2 aromatic rings. The Morgan fingerprint density at radius 1 is 1.28 bits per heavy atom. The Morgan fingerprint density at radius 3 is 2.76 bits per heavy atom. The zero-order chi connectivity index (χ0) is 20.4. The van der Waals surface area contributed by atoms with E-state index in [4.69, 9.17) is 0 Å². The van der Waals surface area contributed by atoms with Gasteiger partial charge >= 0.3 is 0 Å². The van der Waals surface area contributed by atoms with Crippen LogP contribution >= 0.6 is 0 Å². The number of hydrogen-bond acceptors (Lipinski definition) is 6. The summed E-state index contributed by atoms with van der Waals surface area (Å²) < 4.78 is 1.91. The number of rotatable bonds is 6. The number of aromatic nitrogens is 2. The third kappa shape index (κ3) is 4.14. The number of nitrogens with one attached hydrogen (secondary N) is 5.